The van der Waals surface area contributed by atoms with E-state index >= 15 is 0 Å². The van der Waals surface area contributed by atoms with Gasteiger partial charge in [-0.05, 0) is 41.8 Å². The molecule has 0 unspecified atom stereocenters. The lowest BCUT2D eigenvalue weighted by atomic mass is 10.0. The first-order valence-electron chi connectivity index (χ1n) is 11.3. The Hall–Kier alpha value is -4.06. The van der Waals surface area contributed by atoms with Gasteiger partial charge in [-0.2, -0.15) is 0 Å². The summed E-state index contributed by atoms with van der Waals surface area (Å²) >= 11 is 0. The highest BCUT2D eigenvalue weighted by atomic mass is 16.5. The summed E-state index contributed by atoms with van der Waals surface area (Å²) in [5.74, 6) is -0.138. The molecule has 0 saturated heterocycles. The maximum absolute atomic E-state index is 13.0. The lowest BCUT2D eigenvalue weighted by molar-refractivity contribution is -0.124. The van der Waals surface area contributed by atoms with E-state index in [0.717, 1.165) is 11.3 Å². The van der Waals surface area contributed by atoms with Crippen molar-refractivity contribution in [1.82, 2.24) is 10.2 Å². The van der Waals surface area contributed by atoms with Gasteiger partial charge in [-0.3, -0.25) is 14.9 Å². The van der Waals surface area contributed by atoms with Gasteiger partial charge in [0.15, 0.2) is 0 Å². The van der Waals surface area contributed by atoms with Crippen LogP contribution in [0.25, 0.3) is 5.57 Å². The number of nitrogens with zero attached hydrogens (tertiary/aromatic N) is 2. The number of likely N-dealkylation sites (N-methyl/N-ethyl adjacent to an activating group) is 1. The third-order valence-corrected chi connectivity index (χ3v) is 6.03. The zero-order valence-corrected chi connectivity index (χ0v) is 19.7. The summed E-state index contributed by atoms with van der Waals surface area (Å²) < 4.78 is 5.35. The minimum atomic E-state index is -0.390. The van der Waals surface area contributed by atoms with E-state index in [1.54, 1.807) is 13.2 Å². The second-order valence-electron chi connectivity index (χ2n) is 8.35. The quantitative estimate of drug-likeness (QED) is 0.494. The average Bonchev–Trinajstić information content (AvgIpc) is 3.15. The zero-order chi connectivity index (χ0) is 24.1. The monoisotopic (exact) mass is 455 g/mol. The molecule has 4 rings (SSSR count). The molecule has 1 N–H and O–H groups in total. The molecule has 34 heavy (non-hydrogen) atoms. The molecule has 0 atom stereocenters. The molecular formula is C28H29N3O3. The summed E-state index contributed by atoms with van der Waals surface area (Å²) in [6.45, 7) is 3.82. The number of carbonyl (C=O) groups excluding carboxylic acids is 2. The van der Waals surface area contributed by atoms with E-state index in [2.05, 4.69) is 29.3 Å². The van der Waals surface area contributed by atoms with E-state index in [4.69, 9.17) is 4.74 Å². The van der Waals surface area contributed by atoms with Crippen LogP contribution in [0.3, 0.4) is 0 Å². The Balaban J connectivity index is 1.71. The molecule has 6 nitrogen and oxygen atoms in total. The Kier molecular flexibility index (Phi) is 6.97. The second kappa shape index (κ2) is 10.3. The zero-order valence-electron chi connectivity index (χ0n) is 19.7. The molecule has 174 valence electrons. The molecular weight excluding hydrogens is 426 g/mol. The third-order valence-electron chi connectivity index (χ3n) is 6.03. The van der Waals surface area contributed by atoms with Crippen LogP contribution in [0.2, 0.25) is 0 Å². The molecule has 1 heterocycles. The van der Waals surface area contributed by atoms with Gasteiger partial charge in [0.1, 0.15) is 11.4 Å². The fourth-order valence-electron chi connectivity index (χ4n) is 4.25. The van der Waals surface area contributed by atoms with Crippen molar-refractivity contribution in [2.24, 2.45) is 0 Å². The van der Waals surface area contributed by atoms with E-state index in [1.165, 1.54) is 5.56 Å². The number of imide groups is 1. The summed E-state index contributed by atoms with van der Waals surface area (Å²) in [6.07, 6.45) is 0. The smallest absolute Gasteiger partial charge is 0.275 e. The molecule has 1 aliphatic heterocycles. The van der Waals surface area contributed by atoms with Crippen LogP contribution in [0, 0.1) is 6.92 Å². The van der Waals surface area contributed by atoms with E-state index in [1.807, 2.05) is 72.6 Å². The highest BCUT2D eigenvalue weighted by Crippen LogP contribution is 2.30. The maximum Gasteiger partial charge on any atom is 0.275 e. The number of benzene rings is 3. The van der Waals surface area contributed by atoms with Crippen LogP contribution in [0.5, 0.6) is 5.75 Å². The van der Waals surface area contributed by atoms with Crippen LogP contribution in [-0.2, 0) is 16.1 Å². The number of carbonyl (C=O) groups is 2. The number of amides is 2. The number of methoxy groups -OCH3 is 1. The van der Waals surface area contributed by atoms with Gasteiger partial charge in [-0.25, -0.2) is 0 Å². The maximum atomic E-state index is 13.0. The van der Waals surface area contributed by atoms with Crippen molar-refractivity contribution in [2.75, 3.05) is 32.1 Å². The molecule has 0 fully saturated rings. The van der Waals surface area contributed by atoms with Crippen LogP contribution in [0.15, 0.2) is 84.6 Å². The van der Waals surface area contributed by atoms with Crippen molar-refractivity contribution in [3.8, 4) is 5.75 Å². The summed E-state index contributed by atoms with van der Waals surface area (Å²) in [4.78, 5) is 30.1. The van der Waals surface area contributed by atoms with Gasteiger partial charge in [0.25, 0.3) is 11.8 Å². The van der Waals surface area contributed by atoms with Crippen molar-refractivity contribution >= 4 is 23.1 Å². The lowest BCUT2D eigenvalue weighted by Gasteiger charge is -2.29. The van der Waals surface area contributed by atoms with Crippen LogP contribution in [-0.4, -0.2) is 44.0 Å². The van der Waals surface area contributed by atoms with E-state index in [9.17, 15) is 9.59 Å². The van der Waals surface area contributed by atoms with Crippen molar-refractivity contribution in [3.05, 3.63) is 101 Å². The number of hydrogen-bond acceptors (Lipinski definition) is 5. The van der Waals surface area contributed by atoms with Crippen molar-refractivity contribution in [1.29, 1.82) is 0 Å². The molecule has 0 spiro atoms. The third kappa shape index (κ3) is 4.96. The van der Waals surface area contributed by atoms with Gasteiger partial charge >= 0.3 is 0 Å². The molecule has 3 aromatic carbocycles. The molecule has 0 aliphatic carbocycles. The number of para-hydroxylation sites is 1. The summed E-state index contributed by atoms with van der Waals surface area (Å²) in [5.41, 5.74) is 4.80. The Bertz CT molecular complexity index is 1220. The molecule has 1 aliphatic rings. The number of ether oxygens (including phenoxy) is 1. The van der Waals surface area contributed by atoms with Crippen molar-refractivity contribution < 1.29 is 14.3 Å². The molecule has 3 aromatic rings. The normalized spacial score (nSPS) is 13.1. The number of aryl methyl sites for hydroxylation is 1. The number of hydrogen-bond donors (Lipinski definition) is 1. The molecule has 0 aromatic heterocycles. The second-order valence-corrected chi connectivity index (χ2v) is 8.35. The van der Waals surface area contributed by atoms with Crippen molar-refractivity contribution in [3.63, 3.8) is 0 Å². The summed E-state index contributed by atoms with van der Waals surface area (Å²) in [5, 5.41) is 2.50. The van der Waals surface area contributed by atoms with E-state index in [0.29, 0.717) is 42.2 Å². The van der Waals surface area contributed by atoms with E-state index < -0.39 is 5.91 Å². The summed E-state index contributed by atoms with van der Waals surface area (Å²) in [6, 6.07) is 25.4. The van der Waals surface area contributed by atoms with Crippen molar-refractivity contribution in [2.45, 2.75) is 13.5 Å². The topological polar surface area (TPSA) is 61.9 Å². The van der Waals surface area contributed by atoms with E-state index in [-0.39, 0.29) is 5.91 Å². The fourth-order valence-corrected chi connectivity index (χ4v) is 4.25. The average molecular weight is 456 g/mol. The molecule has 2 amide bonds. The van der Waals surface area contributed by atoms with Crippen LogP contribution in [0.4, 0.5) is 5.69 Å². The molecule has 0 bridgehead atoms. The number of nitrogens with one attached hydrogen (secondary N) is 1. The first-order chi connectivity index (χ1) is 16.5. The van der Waals surface area contributed by atoms with Gasteiger partial charge in [0, 0.05) is 32.4 Å². The predicted octanol–water partition coefficient (Wildman–Crippen LogP) is 4.01. The van der Waals surface area contributed by atoms with Gasteiger partial charge in [0.05, 0.1) is 12.7 Å². The standard InChI is InChI=1S/C28H29N3O3/c1-20-10-7-8-15-24(20)30(2)16-17-31(19-21-11-5-4-6-12-21)26-25(27(32)29-28(26)33)22-13-9-14-23(18-22)34-3/h4-15,18H,16-17,19H2,1-3H3,(H,29,32,33). The van der Waals surface area contributed by atoms with Gasteiger partial charge < -0.3 is 14.5 Å². The lowest BCUT2D eigenvalue weighted by Crippen LogP contribution is -2.36. The predicted molar refractivity (Wildman–Crippen MR) is 134 cm³/mol. The van der Waals surface area contributed by atoms with Crippen LogP contribution in [0.1, 0.15) is 16.7 Å². The first-order valence-corrected chi connectivity index (χ1v) is 11.3. The van der Waals surface area contributed by atoms with Gasteiger partial charge in [-0.1, -0.05) is 60.7 Å². The molecule has 6 heteroatoms. The first kappa shape index (κ1) is 23.1. The van der Waals surface area contributed by atoms with Crippen LogP contribution < -0.4 is 15.0 Å². The highest BCUT2D eigenvalue weighted by molar-refractivity contribution is 6.35. The van der Waals surface area contributed by atoms with Gasteiger partial charge in [-0.15, -0.1) is 0 Å². The largest absolute Gasteiger partial charge is 0.497 e. The SMILES string of the molecule is COc1cccc(C2=C(N(CCN(C)c3ccccc3C)Cc3ccccc3)C(=O)NC2=O)c1. The number of rotatable bonds is 9. The van der Waals surface area contributed by atoms with Gasteiger partial charge in [0.2, 0.25) is 0 Å². The fraction of sp³-hybridized carbons (Fsp3) is 0.214. The highest BCUT2D eigenvalue weighted by Gasteiger charge is 2.35. The Morgan fingerprint density at radius 1 is 0.853 bits per heavy atom. The molecule has 0 saturated carbocycles. The van der Waals surface area contributed by atoms with Crippen LogP contribution >= 0.6 is 0 Å². The summed E-state index contributed by atoms with van der Waals surface area (Å²) in [7, 11) is 3.62. The Morgan fingerprint density at radius 3 is 2.32 bits per heavy atom. The minimum absolute atomic E-state index is 0.373. The molecule has 0 radical (unpaired) electrons. The number of anilines is 1. The Labute approximate surface area is 200 Å². The Morgan fingerprint density at radius 2 is 1.59 bits per heavy atom. The minimum Gasteiger partial charge on any atom is -0.497 e.